The molecule has 0 aliphatic rings. The fourth-order valence-corrected chi connectivity index (χ4v) is 3.26. The summed E-state index contributed by atoms with van der Waals surface area (Å²) in [6.07, 6.45) is -0.841. The third kappa shape index (κ3) is 5.71. The zero-order valence-corrected chi connectivity index (χ0v) is 17.3. The van der Waals surface area contributed by atoms with Gasteiger partial charge in [0.25, 0.3) is 5.91 Å². The number of hydrogen-bond donors (Lipinski definition) is 3. The molecular weight excluding hydrogens is 408 g/mol. The normalized spacial score (nSPS) is 11.8. The maximum absolute atomic E-state index is 12.6. The van der Waals surface area contributed by atoms with E-state index in [9.17, 15) is 18.0 Å². The van der Waals surface area contributed by atoms with Crippen molar-refractivity contribution < 1.29 is 27.9 Å². The molecule has 3 N–H and O–H groups in total. The van der Waals surface area contributed by atoms with Crippen LogP contribution in [0.3, 0.4) is 0 Å². The summed E-state index contributed by atoms with van der Waals surface area (Å²) in [6, 6.07) is 2.27. The number of sulfone groups is 1. The lowest BCUT2D eigenvalue weighted by Gasteiger charge is -2.20. The Morgan fingerprint density at radius 3 is 2.43 bits per heavy atom. The molecule has 2 aromatic rings. The number of ether oxygens (including phenoxy) is 1. The smallest absolute Gasteiger partial charge is 0.412 e. The molecule has 0 aliphatic carbocycles. The number of aryl methyl sites for hydroxylation is 1. The average Bonchev–Trinajstić information content (AvgIpc) is 2.98. The molecule has 2 heterocycles. The summed E-state index contributed by atoms with van der Waals surface area (Å²) in [5.41, 5.74) is -0.513. The van der Waals surface area contributed by atoms with Crippen LogP contribution >= 0.6 is 11.3 Å². The van der Waals surface area contributed by atoms with Gasteiger partial charge in [-0.15, -0.1) is 11.3 Å². The van der Waals surface area contributed by atoms with Crippen molar-refractivity contribution in [1.29, 1.82) is 0 Å². The largest absolute Gasteiger partial charge is 0.444 e. The average molecular weight is 428 g/mol. The predicted octanol–water partition coefficient (Wildman–Crippen LogP) is 2.17. The highest BCUT2D eigenvalue weighted by molar-refractivity contribution is 7.91. The Hall–Kier alpha value is -2.57. The van der Waals surface area contributed by atoms with E-state index in [0.717, 1.165) is 6.07 Å². The number of rotatable bonds is 5. The van der Waals surface area contributed by atoms with Crippen LogP contribution in [0.2, 0.25) is 0 Å². The highest BCUT2D eigenvalue weighted by Gasteiger charge is 2.24. The molecule has 10 nitrogen and oxygen atoms in total. The molecule has 2 aromatic heterocycles. The van der Waals surface area contributed by atoms with E-state index >= 15 is 0 Å². The first kappa shape index (κ1) is 21.7. The molecule has 0 aliphatic heterocycles. The van der Waals surface area contributed by atoms with Crippen molar-refractivity contribution >= 4 is 44.0 Å². The molecule has 2 rings (SSSR count). The molecule has 0 radical (unpaired) electrons. The first-order valence-electron chi connectivity index (χ1n) is 7.99. The number of hydrogen-bond acceptors (Lipinski definition) is 9. The van der Waals surface area contributed by atoms with Gasteiger partial charge in [0.05, 0.1) is 11.4 Å². The van der Waals surface area contributed by atoms with Crippen molar-refractivity contribution in [3.05, 3.63) is 28.9 Å². The summed E-state index contributed by atoms with van der Waals surface area (Å²) in [5.74, 6) is -1.96. The van der Waals surface area contributed by atoms with E-state index in [-0.39, 0.29) is 16.5 Å². The number of pyridine rings is 1. The lowest BCUT2D eigenvalue weighted by atomic mass is 10.2. The minimum Gasteiger partial charge on any atom is -0.444 e. The monoisotopic (exact) mass is 428 g/mol. The maximum atomic E-state index is 12.6. The maximum Gasteiger partial charge on any atom is 0.412 e. The van der Waals surface area contributed by atoms with Crippen LogP contribution in [0.4, 0.5) is 15.6 Å². The van der Waals surface area contributed by atoms with Gasteiger partial charge < -0.3 is 9.84 Å². The summed E-state index contributed by atoms with van der Waals surface area (Å²) in [6.45, 7) is 6.74. The van der Waals surface area contributed by atoms with Crippen LogP contribution in [0.5, 0.6) is 0 Å². The molecular formula is C16H20N4O6S2. The number of amides is 2. The number of anilines is 2. The van der Waals surface area contributed by atoms with Gasteiger partial charge in [-0.25, -0.2) is 23.2 Å². The van der Waals surface area contributed by atoms with Crippen molar-refractivity contribution in [2.75, 3.05) is 16.6 Å². The van der Waals surface area contributed by atoms with Gasteiger partial charge in [-0.1, -0.05) is 0 Å². The molecule has 0 unspecified atom stereocenters. The second-order valence-electron chi connectivity index (χ2n) is 6.66. The SMILES string of the molecule is Cc1csc(NC(=O)c2nc(S(=O)(=O)CO)ccc2NC(=O)OC(C)(C)C)n1. The van der Waals surface area contributed by atoms with Gasteiger partial charge in [-0.3, -0.25) is 15.4 Å². The van der Waals surface area contributed by atoms with Crippen LogP contribution in [0.15, 0.2) is 22.5 Å². The Labute approximate surface area is 165 Å². The molecule has 0 saturated carbocycles. The van der Waals surface area contributed by atoms with E-state index in [4.69, 9.17) is 9.84 Å². The molecule has 0 saturated heterocycles. The van der Waals surface area contributed by atoms with Crippen molar-refractivity contribution in [2.24, 2.45) is 0 Å². The van der Waals surface area contributed by atoms with Crippen molar-refractivity contribution in [2.45, 2.75) is 38.3 Å². The number of aromatic nitrogens is 2. The van der Waals surface area contributed by atoms with Gasteiger partial charge in [0.1, 0.15) is 5.60 Å². The zero-order valence-electron chi connectivity index (χ0n) is 15.6. The van der Waals surface area contributed by atoms with Crippen LogP contribution in [-0.4, -0.2) is 47.0 Å². The standard InChI is InChI=1S/C16H20N4O6S2/c1-9-7-27-14(17-9)20-13(22)12-10(18-15(23)26-16(2,3)4)5-6-11(19-12)28(24,25)8-21/h5-7,21H,8H2,1-4H3,(H,18,23)(H,17,20,22). The van der Waals surface area contributed by atoms with E-state index in [1.54, 1.807) is 33.1 Å². The minimum absolute atomic E-state index is 0.0584. The molecule has 0 fully saturated rings. The van der Waals surface area contributed by atoms with Crippen LogP contribution in [-0.2, 0) is 14.6 Å². The van der Waals surface area contributed by atoms with Crippen LogP contribution in [0.25, 0.3) is 0 Å². The molecule has 0 spiro atoms. The van der Waals surface area contributed by atoms with Gasteiger partial charge in [0.15, 0.2) is 21.8 Å². The van der Waals surface area contributed by atoms with Crippen LogP contribution < -0.4 is 10.6 Å². The van der Waals surface area contributed by atoms with E-state index in [0.29, 0.717) is 5.69 Å². The summed E-state index contributed by atoms with van der Waals surface area (Å²) in [4.78, 5) is 32.6. The summed E-state index contributed by atoms with van der Waals surface area (Å²) < 4.78 is 28.9. The third-order valence-electron chi connectivity index (χ3n) is 3.05. The van der Waals surface area contributed by atoms with E-state index in [2.05, 4.69) is 20.6 Å². The number of carbonyl (C=O) groups excluding carboxylic acids is 2. The third-order valence-corrected chi connectivity index (χ3v) is 5.13. The van der Waals surface area contributed by atoms with Gasteiger partial charge in [-0.05, 0) is 39.8 Å². The fraction of sp³-hybridized carbons (Fsp3) is 0.375. The number of carbonyl (C=O) groups is 2. The van der Waals surface area contributed by atoms with Crippen molar-refractivity contribution in [3.8, 4) is 0 Å². The number of nitrogens with zero attached hydrogens (tertiary/aromatic N) is 2. The Morgan fingerprint density at radius 1 is 1.21 bits per heavy atom. The Balaban J connectivity index is 2.40. The lowest BCUT2D eigenvalue weighted by molar-refractivity contribution is 0.0636. The van der Waals surface area contributed by atoms with Crippen molar-refractivity contribution in [1.82, 2.24) is 9.97 Å². The quantitative estimate of drug-likeness (QED) is 0.656. The van der Waals surface area contributed by atoms with Crippen LogP contribution in [0, 0.1) is 6.92 Å². The van der Waals surface area contributed by atoms with E-state index in [1.807, 2.05) is 0 Å². The van der Waals surface area contributed by atoms with Gasteiger partial charge in [0, 0.05) is 5.38 Å². The molecule has 2 amide bonds. The Bertz CT molecular complexity index is 995. The molecule has 0 bridgehead atoms. The van der Waals surface area contributed by atoms with E-state index < -0.39 is 38.4 Å². The summed E-state index contributed by atoms with van der Waals surface area (Å²) >= 11 is 1.17. The van der Waals surface area contributed by atoms with E-state index in [1.165, 1.54) is 17.4 Å². The summed E-state index contributed by atoms with van der Waals surface area (Å²) in [5, 5.41) is 15.4. The van der Waals surface area contributed by atoms with Gasteiger partial charge >= 0.3 is 6.09 Å². The highest BCUT2D eigenvalue weighted by atomic mass is 32.2. The number of nitrogens with one attached hydrogen (secondary N) is 2. The minimum atomic E-state index is -4.09. The molecule has 12 heteroatoms. The fourth-order valence-electron chi connectivity index (χ4n) is 1.94. The number of aliphatic hydroxyl groups excluding tert-OH is 1. The first-order chi connectivity index (χ1) is 12.9. The molecule has 28 heavy (non-hydrogen) atoms. The molecule has 0 aromatic carbocycles. The predicted molar refractivity (Wildman–Crippen MR) is 103 cm³/mol. The van der Waals surface area contributed by atoms with Gasteiger partial charge in [0.2, 0.25) is 9.84 Å². The number of thiazole rings is 1. The Morgan fingerprint density at radius 2 is 1.89 bits per heavy atom. The summed E-state index contributed by atoms with van der Waals surface area (Å²) in [7, 11) is -4.09. The number of aliphatic hydroxyl groups is 1. The topological polar surface area (TPSA) is 148 Å². The van der Waals surface area contributed by atoms with Crippen molar-refractivity contribution in [3.63, 3.8) is 0 Å². The molecule has 152 valence electrons. The molecule has 0 atom stereocenters. The van der Waals surface area contributed by atoms with Gasteiger partial charge in [-0.2, -0.15) is 0 Å². The Kier molecular flexibility index (Phi) is 6.37. The lowest BCUT2D eigenvalue weighted by Crippen LogP contribution is -2.28. The second-order valence-corrected chi connectivity index (χ2v) is 9.43. The second kappa shape index (κ2) is 8.20. The zero-order chi connectivity index (χ0) is 21.1. The first-order valence-corrected chi connectivity index (χ1v) is 10.5. The van der Waals surface area contributed by atoms with Crippen LogP contribution in [0.1, 0.15) is 37.0 Å². The highest BCUT2D eigenvalue weighted by Crippen LogP contribution is 2.22.